The summed E-state index contributed by atoms with van der Waals surface area (Å²) in [5.41, 5.74) is 0. The van der Waals surface area contributed by atoms with Gasteiger partial charge in [-0.2, -0.15) is 0 Å². The highest BCUT2D eigenvalue weighted by Crippen LogP contribution is 2.17. The number of ether oxygens (including phenoxy) is 1. The summed E-state index contributed by atoms with van der Waals surface area (Å²) in [6.45, 7) is 5.91. The van der Waals surface area contributed by atoms with E-state index in [4.69, 9.17) is 4.74 Å². The fraction of sp³-hybridized carbons (Fsp3) is 0.818. The summed E-state index contributed by atoms with van der Waals surface area (Å²) in [6, 6.07) is 0. The fourth-order valence-corrected chi connectivity index (χ4v) is 4.78. The lowest BCUT2D eigenvalue weighted by Crippen LogP contribution is -2.19. The molecule has 0 amide bonds. The number of hydrogen-bond acceptors (Lipinski definition) is 3. The standard InChI is InChI=1S/C33H60O4/c1-3-5-6-7-8-9-10-11-12-13-14-15-16-17-18-19-20-21-22-23-24-25-26-27-28-31(33(35)36)30-32(34)37-29-4-2/h4,21-22,31H,2-3,5-20,23-30H2,1H3,(H,35,36)/b22-21+. The minimum absolute atomic E-state index is 0.0503. The zero-order valence-corrected chi connectivity index (χ0v) is 24.4. The van der Waals surface area contributed by atoms with Crippen molar-refractivity contribution in [2.24, 2.45) is 5.92 Å². The molecule has 216 valence electrons. The van der Waals surface area contributed by atoms with Gasteiger partial charge in [-0.3, -0.25) is 9.59 Å². The SMILES string of the molecule is C=CCOC(=O)CC(CCCCCC/C=C/CCCCCCCCCCCCCCCCCC)C(=O)O. The van der Waals surface area contributed by atoms with Crippen molar-refractivity contribution in [3.8, 4) is 0 Å². The van der Waals surface area contributed by atoms with E-state index in [9.17, 15) is 14.7 Å². The number of esters is 1. The zero-order chi connectivity index (χ0) is 27.2. The molecule has 0 aromatic heterocycles. The van der Waals surface area contributed by atoms with Crippen LogP contribution in [0, 0.1) is 5.92 Å². The molecular weight excluding hydrogens is 460 g/mol. The molecule has 0 saturated carbocycles. The molecule has 1 unspecified atom stereocenters. The molecule has 0 radical (unpaired) electrons. The van der Waals surface area contributed by atoms with Crippen LogP contribution in [0.25, 0.3) is 0 Å². The van der Waals surface area contributed by atoms with Crippen LogP contribution >= 0.6 is 0 Å². The summed E-state index contributed by atoms with van der Waals surface area (Å²) in [6.07, 6.45) is 35.6. The van der Waals surface area contributed by atoms with Crippen molar-refractivity contribution in [3.05, 3.63) is 24.8 Å². The smallest absolute Gasteiger partial charge is 0.307 e. The number of rotatable bonds is 29. The van der Waals surface area contributed by atoms with Crippen LogP contribution in [0.15, 0.2) is 24.8 Å². The Morgan fingerprint density at radius 1 is 0.676 bits per heavy atom. The number of carboxylic acid groups (broad SMARTS) is 1. The van der Waals surface area contributed by atoms with Gasteiger partial charge in [-0.15, -0.1) is 0 Å². The summed E-state index contributed by atoms with van der Waals surface area (Å²) in [7, 11) is 0. The van der Waals surface area contributed by atoms with Gasteiger partial charge in [0.05, 0.1) is 12.3 Å². The number of unbranched alkanes of at least 4 members (excludes halogenated alkanes) is 20. The average molecular weight is 521 g/mol. The minimum atomic E-state index is -0.910. The summed E-state index contributed by atoms with van der Waals surface area (Å²) in [4.78, 5) is 22.9. The molecule has 37 heavy (non-hydrogen) atoms. The first kappa shape index (κ1) is 35.4. The van der Waals surface area contributed by atoms with Crippen molar-refractivity contribution in [2.75, 3.05) is 6.61 Å². The highest BCUT2D eigenvalue weighted by atomic mass is 16.5. The molecule has 0 fully saturated rings. The molecule has 1 N–H and O–H groups in total. The summed E-state index contributed by atoms with van der Waals surface area (Å²) in [5, 5.41) is 9.29. The number of carbonyl (C=O) groups is 2. The van der Waals surface area contributed by atoms with Crippen molar-refractivity contribution in [2.45, 2.75) is 161 Å². The van der Waals surface area contributed by atoms with Gasteiger partial charge in [-0.25, -0.2) is 0 Å². The maximum atomic E-state index is 11.6. The molecule has 0 aliphatic carbocycles. The van der Waals surface area contributed by atoms with Crippen LogP contribution in [0.5, 0.6) is 0 Å². The lowest BCUT2D eigenvalue weighted by atomic mass is 9.97. The van der Waals surface area contributed by atoms with Crippen LogP contribution in [-0.4, -0.2) is 23.7 Å². The third kappa shape index (κ3) is 27.3. The molecule has 1 atom stereocenters. The van der Waals surface area contributed by atoms with Gasteiger partial charge < -0.3 is 9.84 Å². The molecular formula is C33H60O4. The third-order valence-electron chi connectivity index (χ3n) is 7.19. The fourth-order valence-electron chi connectivity index (χ4n) is 4.78. The molecule has 0 bridgehead atoms. The van der Waals surface area contributed by atoms with Crippen molar-refractivity contribution >= 4 is 11.9 Å². The van der Waals surface area contributed by atoms with E-state index in [-0.39, 0.29) is 13.0 Å². The predicted molar refractivity (Wildman–Crippen MR) is 158 cm³/mol. The van der Waals surface area contributed by atoms with E-state index in [0.717, 1.165) is 32.1 Å². The second-order valence-corrected chi connectivity index (χ2v) is 10.8. The summed E-state index contributed by atoms with van der Waals surface area (Å²) >= 11 is 0. The second-order valence-electron chi connectivity index (χ2n) is 10.8. The van der Waals surface area contributed by atoms with E-state index < -0.39 is 17.9 Å². The first-order valence-corrected chi connectivity index (χ1v) is 15.8. The Kier molecular flexibility index (Phi) is 27.7. The number of carboxylic acids is 1. The Balaban J connectivity index is 3.37. The number of carbonyl (C=O) groups excluding carboxylic acids is 1. The molecule has 0 aromatic carbocycles. The van der Waals surface area contributed by atoms with Crippen LogP contribution in [0.1, 0.15) is 161 Å². The van der Waals surface area contributed by atoms with E-state index in [1.807, 2.05) is 0 Å². The van der Waals surface area contributed by atoms with Crippen molar-refractivity contribution < 1.29 is 19.4 Å². The van der Waals surface area contributed by atoms with Crippen molar-refractivity contribution in [1.29, 1.82) is 0 Å². The lowest BCUT2D eigenvalue weighted by Gasteiger charge is -2.11. The number of aliphatic carboxylic acids is 1. The molecule has 0 rings (SSSR count). The molecule has 4 nitrogen and oxygen atoms in total. The van der Waals surface area contributed by atoms with Crippen LogP contribution in [0.4, 0.5) is 0 Å². The Morgan fingerprint density at radius 3 is 1.49 bits per heavy atom. The summed E-state index contributed by atoms with van der Waals surface area (Å²) < 4.78 is 4.90. The van der Waals surface area contributed by atoms with Crippen molar-refractivity contribution in [1.82, 2.24) is 0 Å². The van der Waals surface area contributed by atoms with Crippen LogP contribution in [0.2, 0.25) is 0 Å². The Hall–Kier alpha value is -1.58. The predicted octanol–water partition coefficient (Wildman–Crippen LogP) is 10.4. The Labute approximate surface area is 229 Å². The maximum absolute atomic E-state index is 11.6. The van der Waals surface area contributed by atoms with Crippen molar-refractivity contribution in [3.63, 3.8) is 0 Å². The van der Waals surface area contributed by atoms with E-state index in [2.05, 4.69) is 25.7 Å². The first-order chi connectivity index (χ1) is 18.1. The van der Waals surface area contributed by atoms with Crippen LogP contribution in [0.3, 0.4) is 0 Å². The molecule has 0 saturated heterocycles. The Morgan fingerprint density at radius 2 is 1.08 bits per heavy atom. The maximum Gasteiger partial charge on any atom is 0.307 e. The highest BCUT2D eigenvalue weighted by Gasteiger charge is 2.21. The molecule has 0 aromatic rings. The van der Waals surface area contributed by atoms with Gasteiger partial charge in [0.1, 0.15) is 6.61 Å². The van der Waals surface area contributed by atoms with Gasteiger partial charge in [0.25, 0.3) is 0 Å². The van der Waals surface area contributed by atoms with Gasteiger partial charge in [0, 0.05) is 0 Å². The number of hydrogen-bond donors (Lipinski definition) is 1. The Bertz CT molecular complexity index is 555. The van der Waals surface area contributed by atoms with E-state index in [1.54, 1.807) is 0 Å². The largest absolute Gasteiger partial charge is 0.481 e. The van der Waals surface area contributed by atoms with Crippen LogP contribution in [-0.2, 0) is 14.3 Å². The first-order valence-electron chi connectivity index (χ1n) is 15.8. The lowest BCUT2D eigenvalue weighted by molar-refractivity contribution is -0.151. The van der Waals surface area contributed by atoms with Gasteiger partial charge in [0.15, 0.2) is 0 Å². The normalized spacial score (nSPS) is 12.1. The van der Waals surface area contributed by atoms with Gasteiger partial charge in [0.2, 0.25) is 0 Å². The molecule has 0 heterocycles. The molecule has 4 heteroatoms. The zero-order valence-electron chi connectivity index (χ0n) is 24.4. The third-order valence-corrected chi connectivity index (χ3v) is 7.19. The number of allylic oxidation sites excluding steroid dienone is 2. The monoisotopic (exact) mass is 520 g/mol. The second kappa shape index (κ2) is 29.0. The topological polar surface area (TPSA) is 63.6 Å². The van der Waals surface area contributed by atoms with Gasteiger partial charge in [-0.1, -0.05) is 147 Å². The minimum Gasteiger partial charge on any atom is -0.481 e. The molecule has 0 spiro atoms. The van der Waals surface area contributed by atoms with E-state index >= 15 is 0 Å². The molecule has 0 aliphatic rings. The van der Waals surface area contributed by atoms with E-state index in [0.29, 0.717) is 6.42 Å². The average Bonchev–Trinajstić information content (AvgIpc) is 2.89. The quantitative estimate of drug-likeness (QED) is 0.0605. The summed E-state index contributed by atoms with van der Waals surface area (Å²) in [5.74, 6) is -2.01. The molecule has 0 aliphatic heterocycles. The van der Waals surface area contributed by atoms with E-state index in [1.165, 1.54) is 115 Å². The van der Waals surface area contributed by atoms with Crippen LogP contribution < -0.4 is 0 Å². The van der Waals surface area contributed by atoms with Gasteiger partial charge >= 0.3 is 11.9 Å². The van der Waals surface area contributed by atoms with Gasteiger partial charge in [-0.05, 0) is 32.1 Å². The highest BCUT2D eigenvalue weighted by molar-refractivity contribution is 5.78.